The summed E-state index contributed by atoms with van der Waals surface area (Å²) in [5.41, 5.74) is 13.5. The standard InChI is InChI=1S/C13H12I2N2/c14-11-8-4-7-10(12(11)15)13(16,17)9-5-2-1-3-6-9/h1-8H,16-17H2. The second-order valence-electron chi connectivity index (χ2n) is 3.84. The van der Waals surface area contributed by atoms with Crippen LogP contribution in [0, 0.1) is 7.14 Å². The van der Waals surface area contributed by atoms with Crippen molar-refractivity contribution in [1.29, 1.82) is 0 Å². The van der Waals surface area contributed by atoms with E-state index in [1.54, 1.807) is 0 Å². The highest BCUT2D eigenvalue weighted by molar-refractivity contribution is 14.1. The van der Waals surface area contributed by atoms with Crippen molar-refractivity contribution < 1.29 is 0 Å². The number of benzene rings is 2. The van der Waals surface area contributed by atoms with Crippen molar-refractivity contribution in [1.82, 2.24) is 0 Å². The Morgan fingerprint density at radius 2 is 1.47 bits per heavy atom. The van der Waals surface area contributed by atoms with Crippen molar-refractivity contribution in [2.24, 2.45) is 11.5 Å². The van der Waals surface area contributed by atoms with Gasteiger partial charge in [-0.3, -0.25) is 0 Å². The molecule has 0 fully saturated rings. The maximum absolute atomic E-state index is 6.30. The summed E-state index contributed by atoms with van der Waals surface area (Å²) in [6.45, 7) is 0. The van der Waals surface area contributed by atoms with Crippen molar-refractivity contribution in [2.75, 3.05) is 0 Å². The van der Waals surface area contributed by atoms with E-state index in [2.05, 4.69) is 45.2 Å². The Kier molecular flexibility index (Phi) is 4.06. The van der Waals surface area contributed by atoms with E-state index in [1.165, 1.54) is 0 Å². The molecule has 0 aliphatic rings. The highest BCUT2D eigenvalue weighted by Gasteiger charge is 2.26. The Hall–Kier alpha value is -0.180. The molecule has 88 valence electrons. The molecule has 0 spiro atoms. The van der Waals surface area contributed by atoms with Gasteiger partial charge in [0, 0.05) is 12.7 Å². The highest BCUT2D eigenvalue weighted by Crippen LogP contribution is 2.28. The molecule has 0 bridgehead atoms. The van der Waals surface area contributed by atoms with Crippen LogP contribution in [-0.4, -0.2) is 0 Å². The Labute approximate surface area is 128 Å². The number of rotatable bonds is 2. The van der Waals surface area contributed by atoms with Gasteiger partial charge < -0.3 is 11.5 Å². The average molecular weight is 450 g/mol. The van der Waals surface area contributed by atoms with Gasteiger partial charge in [0.1, 0.15) is 5.66 Å². The lowest BCUT2D eigenvalue weighted by Gasteiger charge is -2.27. The van der Waals surface area contributed by atoms with Gasteiger partial charge in [-0.2, -0.15) is 0 Å². The Morgan fingerprint density at radius 3 is 2.12 bits per heavy atom. The molecule has 0 aliphatic carbocycles. The van der Waals surface area contributed by atoms with Crippen molar-refractivity contribution in [3.63, 3.8) is 0 Å². The lowest BCUT2D eigenvalue weighted by atomic mass is 9.93. The van der Waals surface area contributed by atoms with Crippen LogP contribution in [0.15, 0.2) is 48.5 Å². The first-order chi connectivity index (χ1) is 8.03. The van der Waals surface area contributed by atoms with Gasteiger partial charge in [-0.05, 0) is 56.8 Å². The van der Waals surface area contributed by atoms with Crippen LogP contribution >= 0.6 is 45.2 Å². The summed E-state index contributed by atoms with van der Waals surface area (Å²) in [6.07, 6.45) is 0. The van der Waals surface area contributed by atoms with Gasteiger partial charge in [-0.1, -0.05) is 42.5 Å². The van der Waals surface area contributed by atoms with Crippen LogP contribution in [-0.2, 0) is 5.66 Å². The molecule has 2 aromatic rings. The van der Waals surface area contributed by atoms with E-state index in [0.717, 1.165) is 18.3 Å². The summed E-state index contributed by atoms with van der Waals surface area (Å²) in [4.78, 5) is 0. The van der Waals surface area contributed by atoms with Crippen LogP contribution in [0.5, 0.6) is 0 Å². The van der Waals surface area contributed by atoms with Crippen LogP contribution in [0.4, 0.5) is 0 Å². The molecule has 0 aliphatic heterocycles. The lowest BCUT2D eigenvalue weighted by molar-refractivity contribution is 0.564. The first-order valence-corrected chi connectivity index (χ1v) is 7.27. The normalized spacial score (nSPS) is 11.5. The van der Waals surface area contributed by atoms with Gasteiger partial charge in [0.25, 0.3) is 0 Å². The maximum Gasteiger partial charge on any atom is 0.117 e. The highest BCUT2D eigenvalue weighted by atomic mass is 127. The topological polar surface area (TPSA) is 52.0 Å². The molecule has 4 heteroatoms. The molecule has 0 atom stereocenters. The molecule has 0 aromatic heterocycles. The molecule has 17 heavy (non-hydrogen) atoms. The van der Waals surface area contributed by atoms with Crippen LogP contribution < -0.4 is 11.5 Å². The minimum atomic E-state index is -0.945. The van der Waals surface area contributed by atoms with Crippen molar-refractivity contribution >= 4 is 45.2 Å². The van der Waals surface area contributed by atoms with E-state index in [0.29, 0.717) is 0 Å². The summed E-state index contributed by atoms with van der Waals surface area (Å²) < 4.78 is 2.27. The van der Waals surface area contributed by atoms with Gasteiger partial charge in [-0.25, -0.2) is 0 Å². The Bertz CT molecular complexity index is 524. The third-order valence-electron chi connectivity index (χ3n) is 2.65. The van der Waals surface area contributed by atoms with Gasteiger partial charge in [0.2, 0.25) is 0 Å². The quantitative estimate of drug-likeness (QED) is 0.547. The molecule has 0 saturated heterocycles. The number of halogens is 2. The molecule has 0 saturated carbocycles. The molecule has 0 amide bonds. The maximum atomic E-state index is 6.30. The minimum Gasteiger partial charge on any atom is -0.306 e. The summed E-state index contributed by atoms with van der Waals surface area (Å²) in [5, 5.41) is 0. The Balaban J connectivity index is 2.56. The van der Waals surface area contributed by atoms with E-state index in [-0.39, 0.29) is 0 Å². The van der Waals surface area contributed by atoms with E-state index in [4.69, 9.17) is 11.5 Å². The van der Waals surface area contributed by atoms with E-state index in [1.807, 2.05) is 48.5 Å². The van der Waals surface area contributed by atoms with Crippen molar-refractivity contribution in [3.8, 4) is 0 Å². The first-order valence-electron chi connectivity index (χ1n) is 5.11. The molecule has 0 radical (unpaired) electrons. The van der Waals surface area contributed by atoms with Gasteiger partial charge in [0.15, 0.2) is 0 Å². The largest absolute Gasteiger partial charge is 0.306 e. The SMILES string of the molecule is NC(N)(c1ccccc1)c1cccc(I)c1I. The van der Waals surface area contributed by atoms with Crippen molar-refractivity contribution in [2.45, 2.75) is 5.66 Å². The van der Waals surface area contributed by atoms with E-state index in [9.17, 15) is 0 Å². The third kappa shape index (κ3) is 2.64. The zero-order valence-electron chi connectivity index (χ0n) is 9.03. The molecule has 4 N–H and O–H groups in total. The second-order valence-corrected chi connectivity index (χ2v) is 6.08. The molecular weight excluding hydrogens is 438 g/mol. The van der Waals surface area contributed by atoms with Crippen LogP contribution in [0.1, 0.15) is 11.1 Å². The minimum absolute atomic E-state index is 0.917. The predicted octanol–water partition coefficient (Wildman–Crippen LogP) is 3.01. The second kappa shape index (κ2) is 5.21. The fourth-order valence-electron chi connectivity index (χ4n) is 1.69. The first kappa shape index (κ1) is 13.3. The molecular formula is C13H12I2N2. The fraction of sp³-hybridized carbons (Fsp3) is 0.0769. The van der Waals surface area contributed by atoms with Crippen molar-refractivity contribution in [3.05, 3.63) is 66.8 Å². The third-order valence-corrected chi connectivity index (χ3v) is 5.74. The fourth-order valence-corrected chi connectivity index (χ4v) is 3.00. The zero-order valence-corrected chi connectivity index (χ0v) is 13.3. The zero-order chi connectivity index (χ0) is 12.5. The lowest BCUT2D eigenvalue weighted by Crippen LogP contribution is -2.47. The Morgan fingerprint density at radius 1 is 0.824 bits per heavy atom. The predicted molar refractivity (Wildman–Crippen MR) is 87.5 cm³/mol. The molecule has 0 unspecified atom stereocenters. The average Bonchev–Trinajstić information content (AvgIpc) is 2.33. The van der Waals surface area contributed by atoms with E-state index >= 15 is 0 Å². The summed E-state index contributed by atoms with van der Waals surface area (Å²) in [5.74, 6) is 0. The molecule has 2 rings (SSSR count). The molecule has 2 nitrogen and oxygen atoms in total. The number of nitrogens with two attached hydrogens (primary N) is 2. The van der Waals surface area contributed by atoms with Crippen LogP contribution in [0.25, 0.3) is 0 Å². The number of hydrogen-bond acceptors (Lipinski definition) is 2. The summed E-state index contributed by atoms with van der Waals surface area (Å²) >= 11 is 4.58. The smallest absolute Gasteiger partial charge is 0.117 e. The number of hydrogen-bond donors (Lipinski definition) is 2. The summed E-state index contributed by atoms with van der Waals surface area (Å²) in [6, 6.07) is 15.8. The van der Waals surface area contributed by atoms with E-state index < -0.39 is 5.66 Å². The van der Waals surface area contributed by atoms with Crippen LogP contribution in [0.2, 0.25) is 0 Å². The molecule has 0 heterocycles. The molecule has 2 aromatic carbocycles. The monoisotopic (exact) mass is 450 g/mol. The van der Waals surface area contributed by atoms with Gasteiger partial charge >= 0.3 is 0 Å². The van der Waals surface area contributed by atoms with Gasteiger partial charge in [0.05, 0.1) is 0 Å². The van der Waals surface area contributed by atoms with Gasteiger partial charge in [-0.15, -0.1) is 0 Å². The summed E-state index contributed by atoms with van der Waals surface area (Å²) in [7, 11) is 0. The van der Waals surface area contributed by atoms with Crippen LogP contribution in [0.3, 0.4) is 0 Å².